The number of rotatable bonds is 3. The Labute approximate surface area is 149 Å². The van der Waals surface area contributed by atoms with E-state index in [1.807, 2.05) is 0 Å². The Kier molecular flexibility index (Phi) is 9.68. The van der Waals surface area contributed by atoms with Gasteiger partial charge in [-0.05, 0) is 30.4 Å². The SMILES string of the molecule is CC1/C=C(\OCc2ccccc2)CCCCCCCCCCCC1. The van der Waals surface area contributed by atoms with Crippen LogP contribution in [0.3, 0.4) is 0 Å². The molecule has 1 aromatic carbocycles. The maximum absolute atomic E-state index is 6.19. The van der Waals surface area contributed by atoms with Crippen molar-refractivity contribution in [3.8, 4) is 0 Å². The minimum atomic E-state index is 0.640. The molecule has 1 heteroatoms. The summed E-state index contributed by atoms with van der Waals surface area (Å²) in [6, 6.07) is 10.5. The van der Waals surface area contributed by atoms with E-state index in [1.54, 1.807) is 0 Å². The maximum atomic E-state index is 6.19. The van der Waals surface area contributed by atoms with Crippen LogP contribution >= 0.6 is 0 Å². The summed E-state index contributed by atoms with van der Waals surface area (Å²) >= 11 is 0. The summed E-state index contributed by atoms with van der Waals surface area (Å²) in [4.78, 5) is 0. The highest BCUT2D eigenvalue weighted by molar-refractivity contribution is 5.14. The molecule has 0 spiro atoms. The van der Waals surface area contributed by atoms with E-state index in [0.29, 0.717) is 12.5 Å². The molecular formula is C23H36O. The van der Waals surface area contributed by atoms with E-state index in [1.165, 1.54) is 82.0 Å². The predicted molar refractivity (Wildman–Crippen MR) is 104 cm³/mol. The summed E-state index contributed by atoms with van der Waals surface area (Å²) in [5.74, 6) is 1.86. The molecule has 134 valence electrons. The summed E-state index contributed by atoms with van der Waals surface area (Å²) < 4.78 is 6.19. The van der Waals surface area contributed by atoms with Crippen LogP contribution in [0.5, 0.6) is 0 Å². The van der Waals surface area contributed by atoms with Crippen molar-refractivity contribution in [2.24, 2.45) is 5.92 Å². The second-order valence-electron chi connectivity index (χ2n) is 7.46. The van der Waals surface area contributed by atoms with Crippen molar-refractivity contribution in [1.82, 2.24) is 0 Å². The molecule has 0 saturated heterocycles. The fourth-order valence-corrected chi connectivity index (χ4v) is 3.53. The lowest BCUT2D eigenvalue weighted by atomic mass is 10.0. The number of hydrogen-bond acceptors (Lipinski definition) is 1. The Morgan fingerprint density at radius 1 is 0.792 bits per heavy atom. The minimum Gasteiger partial charge on any atom is -0.494 e. The first-order valence-electron chi connectivity index (χ1n) is 10.2. The molecular weight excluding hydrogens is 292 g/mol. The standard InChI is InChI=1S/C23H36O/c1-21-15-11-8-6-4-2-3-5-7-9-14-18-23(19-21)24-20-22-16-12-10-13-17-22/h10,12-13,16-17,19,21H,2-9,11,14-15,18,20H2,1H3/b23-19-. The Morgan fingerprint density at radius 2 is 1.38 bits per heavy atom. The number of benzene rings is 1. The van der Waals surface area contributed by atoms with E-state index in [2.05, 4.69) is 43.3 Å². The number of allylic oxidation sites excluding steroid dienone is 2. The summed E-state index contributed by atoms with van der Waals surface area (Å²) in [6.45, 7) is 3.06. The largest absolute Gasteiger partial charge is 0.494 e. The van der Waals surface area contributed by atoms with Gasteiger partial charge in [0.1, 0.15) is 6.61 Å². The first kappa shape index (κ1) is 19.1. The summed E-state index contributed by atoms with van der Waals surface area (Å²) in [6.07, 6.45) is 18.8. The molecule has 2 rings (SSSR count). The van der Waals surface area contributed by atoms with Crippen molar-refractivity contribution < 1.29 is 4.74 Å². The monoisotopic (exact) mass is 328 g/mol. The van der Waals surface area contributed by atoms with E-state index in [4.69, 9.17) is 4.74 Å². The molecule has 0 fully saturated rings. The summed E-state index contributed by atoms with van der Waals surface area (Å²) in [5, 5.41) is 0. The lowest BCUT2D eigenvalue weighted by molar-refractivity contribution is 0.184. The van der Waals surface area contributed by atoms with Crippen LogP contribution in [0.2, 0.25) is 0 Å². The molecule has 0 aliphatic heterocycles. The molecule has 1 aliphatic carbocycles. The Balaban J connectivity index is 1.87. The zero-order valence-corrected chi connectivity index (χ0v) is 15.6. The summed E-state index contributed by atoms with van der Waals surface area (Å²) in [5.41, 5.74) is 1.27. The zero-order chi connectivity index (χ0) is 16.9. The van der Waals surface area contributed by atoms with Gasteiger partial charge in [0, 0.05) is 6.42 Å². The number of ether oxygens (including phenoxy) is 1. The van der Waals surface area contributed by atoms with E-state index in [-0.39, 0.29) is 0 Å². The van der Waals surface area contributed by atoms with Gasteiger partial charge in [-0.15, -0.1) is 0 Å². The predicted octanol–water partition coefficient (Wildman–Crippen LogP) is 7.42. The van der Waals surface area contributed by atoms with Crippen molar-refractivity contribution in [2.45, 2.75) is 90.6 Å². The molecule has 0 amide bonds. The molecule has 1 nitrogen and oxygen atoms in total. The van der Waals surface area contributed by atoms with Crippen molar-refractivity contribution in [3.63, 3.8) is 0 Å². The van der Waals surface area contributed by atoms with Gasteiger partial charge in [0.25, 0.3) is 0 Å². The van der Waals surface area contributed by atoms with Gasteiger partial charge in [-0.2, -0.15) is 0 Å². The lowest BCUT2D eigenvalue weighted by Gasteiger charge is -2.14. The van der Waals surface area contributed by atoms with Crippen molar-refractivity contribution in [3.05, 3.63) is 47.7 Å². The molecule has 0 radical (unpaired) electrons. The maximum Gasteiger partial charge on any atom is 0.113 e. The second kappa shape index (κ2) is 12.2. The van der Waals surface area contributed by atoms with Crippen LogP contribution < -0.4 is 0 Å². The minimum absolute atomic E-state index is 0.640. The van der Waals surface area contributed by atoms with Gasteiger partial charge in [0.15, 0.2) is 0 Å². The average Bonchev–Trinajstić information content (AvgIpc) is 2.61. The second-order valence-corrected chi connectivity index (χ2v) is 7.46. The Bertz CT molecular complexity index is 448. The van der Waals surface area contributed by atoms with Gasteiger partial charge in [-0.25, -0.2) is 0 Å². The first-order valence-corrected chi connectivity index (χ1v) is 10.2. The third kappa shape index (κ3) is 8.57. The van der Waals surface area contributed by atoms with Crippen LogP contribution in [0.15, 0.2) is 42.2 Å². The van der Waals surface area contributed by atoms with Gasteiger partial charge < -0.3 is 4.74 Å². The van der Waals surface area contributed by atoms with Gasteiger partial charge >= 0.3 is 0 Å². The number of hydrogen-bond donors (Lipinski definition) is 0. The topological polar surface area (TPSA) is 9.23 Å². The zero-order valence-electron chi connectivity index (χ0n) is 15.6. The van der Waals surface area contributed by atoms with Crippen LogP contribution in [-0.4, -0.2) is 0 Å². The molecule has 0 aromatic heterocycles. The van der Waals surface area contributed by atoms with Crippen LogP contribution in [0.4, 0.5) is 0 Å². The van der Waals surface area contributed by atoms with Crippen molar-refractivity contribution >= 4 is 0 Å². The van der Waals surface area contributed by atoms with Crippen LogP contribution in [0.25, 0.3) is 0 Å². The van der Waals surface area contributed by atoms with Crippen molar-refractivity contribution in [1.29, 1.82) is 0 Å². The normalized spacial score (nSPS) is 24.2. The van der Waals surface area contributed by atoms with E-state index >= 15 is 0 Å². The van der Waals surface area contributed by atoms with Gasteiger partial charge in [0.2, 0.25) is 0 Å². The lowest BCUT2D eigenvalue weighted by Crippen LogP contribution is -1.99. The van der Waals surface area contributed by atoms with E-state index in [0.717, 1.165) is 6.42 Å². The summed E-state index contributed by atoms with van der Waals surface area (Å²) in [7, 11) is 0. The fraction of sp³-hybridized carbons (Fsp3) is 0.652. The Morgan fingerprint density at radius 3 is 2.04 bits per heavy atom. The smallest absolute Gasteiger partial charge is 0.113 e. The molecule has 0 bridgehead atoms. The van der Waals surface area contributed by atoms with Crippen LogP contribution in [-0.2, 0) is 11.3 Å². The molecule has 1 aliphatic rings. The van der Waals surface area contributed by atoms with Gasteiger partial charge in [-0.1, -0.05) is 95.0 Å². The highest BCUT2D eigenvalue weighted by atomic mass is 16.5. The van der Waals surface area contributed by atoms with Crippen LogP contribution in [0, 0.1) is 5.92 Å². The van der Waals surface area contributed by atoms with Gasteiger partial charge in [0.05, 0.1) is 5.76 Å². The molecule has 0 N–H and O–H groups in total. The average molecular weight is 329 g/mol. The molecule has 1 unspecified atom stereocenters. The highest BCUT2D eigenvalue weighted by Crippen LogP contribution is 2.21. The molecule has 0 saturated carbocycles. The molecule has 0 heterocycles. The fourth-order valence-electron chi connectivity index (χ4n) is 3.53. The van der Waals surface area contributed by atoms with E-state index in [9.17, 15) is 0 Å². The Hall–Kier alpha value is -1.24. The molecule has 24 heavy (non-hydrogen) atoms. The first-order chi connectivity index (χ1) is 11.8. The van der Waals surface area contributed by atoms with Crippen LogP contribution in [0.1, 0.15) is 89.5 Å². The van der Waals surface area contributed by atoms with E-state index < -0.39 is 0 Å². The molecule has 1 atom stereocenters. The van der Waals surface area contributed by atoms with Crippen molar-refractivity contribution in [2.75, 3.05) is 0 Å². The van der Waals surface area contributed by atoms with Gasteiger partial charge in [-0.3, -0.25) is 0 Å². The highest BCUT2D eigenvalue weighted by Gasteiger charge is 2.06. The third-order valence-electron chi connectivity index (χ3n) is 5.07. The molecule has 1 aromatic rings. The third-order valence-corrected chi connectivity index (χ3v) is 5.07. The quantitative estimate of drug-likeness (QED) is 0.561.